The quantitative estimate of drug-likeness (QED) is 0.326. The Bertz CT molecular complexity index is 756. The molecule has 26 heavy (non-hydrogen) atoms. The average Bonchev–Trinajstić information content (AvgIpc) is 3.24. The fourth-order valence-electron chi connectivity index (χ4n) is 5.00. The molecule has 0 N–H and O–H groups in total. The molecule has 0 saturated heterocycles. The summed E-state index contributed by atoms with van der Waals surface area (Å²) in [6.07, 6.45) is 4.40. The normalized spacial score (nSPS) is 40.8. The van der Waals surface area contributed by atoms with Gasteiger partial charge in [0, 0.05) is 22.0 Å². The van der Waals surface area contributed by atoms with E-state index < -0.39 is 0 Å². The summed E-state index contributed by atoms with van der Waals surface area (Å²) in [6.45, 7) is 5.09. The zero-order valence-corrected chi connectivity index (χ0v) is 21.2. The highest BCUT2D eigenvalue weighted by Gasteiger charge is 2.62. The molecule has 0 nitrogen and oxygen atoms in total. The van der Waals surface area contributed by atoms with Gasteiger partial charge in [0.1, 0.15) is 0 Å². The van der Waals surface area contributed by atoms with Crippen molar-refractivity contribution in [3.8, 4) is 0 Å². The molecule has 1 spiro atoms. The molecule has 3 fully saturated rings. The van der Waals surface area contributed by atoms with Crippen LogP contribution in [0.25, 0.3) is 0 Å². The van der Waals surface area contributed by atoms with Gasteiger partial charge >= 0.3 is 0 Å². The van der Waals surface area contributed by atoms with Crippen LogP contribution >= 0.6 is 94.1 Å². The Morgan fingerprint density at radius 1 is 0.769 bits per heavy atom. The van der Waals surface area contributed by atoms with Gasteiger partial charge in [-0.25, -0.2) is 0 Å². The van der Waals surface area contributed by atoms with E-state index in [4.69, 9.17) is 0 Å². The molecule has 4 heterocycles. The first kappa shape index (κ1) is 18.8. The van der Waals surface area contributed by atoms with Crippen molar-refractivity contribution in [2.45, 2.75) is 37.9 Å². The fraction of sp³-hybridized carbons (Fsp3) is 0.667. The second kappa shape index (κ2) is 6.76. The van der Waals surface area contributed by atoms with Gasteiger partial charge in [-0.3, -0.25) is 0 Å². The highest BCUT2D eigenvalue weighted by atomic mass is 32.3. The van der Waals surface area contributed by atoms with Crippen LogP contribution in [0.4, 0.5) is 0 Å². The van der Waals surface area contributed by atoms with Crippen LogP contribution in [0, 0.1) is 17.3 Å². The molecule has 2 bridgehead atoms. The third-order valence-electron chi connectivity index (χ3n) is 6.56. The monoisotopic (exact) mass is 492 g/mol. The molecule has 8 heteroatoms. The zero-order chi connectivity index (χ0) is 17.5. The van der Waals surface area contributed by atoms with Gasteiger partial charge in [-0.1, -0.05) is 60.9 Å². The summed E-state index contributed by atoms with van der Waals surface area (Å²) < 4.78 is 10.1. The summed E-state index contributed by atoms with van der Waals surface area (Å²) >= 11 is 16.9. The number of fused-ring (bicyclic) bond motifs is 1. The Labute approximate surface area is 190 Å². The van der Waals surface area contributed by atoms with E-state index in [1.807, 2.05) is 0 Å². The van der Waals surface area contributed by atoms with E-state index in [-0.39, 0.29) is 0 Å². The molecule has 0 amide bonds. The maximum atomic E-state index is 2.54. The van der Waals surface area contributed by atoms with E-state index in [2.05, 4.69) is 108 Å². The van der Waals surface area contributed by atoms with E-state index in [9.17, 15) is 0 Å². The summed E-state index contributed by atoms with van der Waals surface area (Å²) in [5, 5.41) is 0. The predicted molar refractivity (Wildman–Crippen MR) is 134 cm³/mol. The van der Waals surface area contributed by atoms with Crippen LogP contribution in [0.1, 0.15) is 33.1 Å². The number of thioether (sulfide) groups is 8. The van der Waals surface area contributed by atoms with E-state index in [0.29, 0.717) is 10.2 Å². The lowest BCUT2D eigenvalue weighted by Gasteiger charge is -2.65. The highest BCUT2D eigenvalue weighted by molar-refractivity contribution is 8.45. The lowest BCUT2D eigenvalue weighted by atomic mass is 9.45. The largest absolute Gasteiger partial charge is 0.116 e. The number of hydrogen-bond acceptors (Lipinski definition) is 8. The first-order valence-corrected chi connectivity index (χ1v) is 16.1. The molecular formula is C18H20S8. The molecule has 3 atom stereocenters. The first-order chi connectivity index (χ1) is 12.6. The molecule has 0 aromatic heterocycles. The lowest BCUT2D eigenvalue weighted by Crippen LogP contribution is -2.61. The van der Waals surface area contributed by atoms with Crippen LogP contribution < -0.4 is 0 Å². The van der Waals surface area contributed by atoms with Gasteiger partial charge in [0.2, 0.25) is 0 Å². The highest BCUT2D eigenvalue weighted by Crippen LogP contribution is 2.74. The van der Waals surface area contributed by atoms with E-state index >= 15 is 0 Å². The summed E-state index contributed by atoms with van der Waals surface area (Å²) in [7, 11) is 0. The Morgan fingerprint density at radius 3 is 2.00 bits per heavy atom. The van der Waals surface area contributed by atoms with Crippen molar-refractivity contribution in [3.05, 3.63) is 25.4 Å². The number of rotatable bonds is 0. The van der Waals surface area contributed by atoms with Crippen LogP contribution in [0.15, 0.2) is 25.4 Å². The molecular weight excluding hydrogens is 473 g/mol. The minimum absolute atomic E-state index is 0.522. The van der Waals surface area contributed by atoms with Crippen molar-refractivity contribution >= 4 is 94.1 Å². The standard InChI is InChI=1S/C18H20S8/c1-17(2)9-3-4-18(10(17)7-9)8-21-13-16(26-18)25-15(24-13)14-22-11-12(23-14)20-6-5-19-11/h9-10H,3-8H2,1-2H3/t9-,10+,18+/m0/s1. The minimum atomic E-state index is 0.522. The summed E-state index contributed by atoms with van der Waals surface area (Å²) in [6, 6.07) is 0. The zero-order valence-electron chi connectivity index (χ0n) is 14.7. The average molecular weight is 493 g/mol. The smallest absolute Gasteiger partial charge is 0.0717 e. The first-order valence-electron chi connectivity index (χ1n) is 9.07. The Balaban J connectivity index is 1.22. The van der Waals surface area contributed by atoms with Gasteiger partial charge in [0.15, 0.2) is 0 Å². The predicted octanol–water partition coefficient (Wildman–Crippen LogP) is 8.48. The molecule has 3 aliphatic carbocycles. The summed E-state index contributed by atoms with van der Waals surface area (Å²) in [4.78, 5) is 0. The molecule has 0 radical (unpaired) electrons. The van der Waals surface area contributed by atoms with Crippen molar-refractivity contribution in [1.29, 1.82) is 0 Å². The van der Waals surface area contributed by atoms with Crippen LogP contribution in [0.3, 0.4) is 0 Å². The third kappa shape index (κ3) is 2.82. The fourth-order valence-corrected chi connectivity index (χ4v) is 18.4. The Hall–Kier alpha value is 2.02. The molecule has 7 rings (SSSR count). The van der Waals surface area contributed by atoms with Gasteiger partial charge < -0.3 is 0 Å². The lowest BCUT2D eigenvalue weighted by molar-refractivity contribution is -0.0837. The van der Waals surface area contributed by atoms with E-state index in [1.54, 1.807) is 25.4 Å². The van der Waals surface area contributed by atoms with Gasteiger partial charge in [0.05, 0.1) is 25.4 Å². The maximum absolute atomic E-state index is 2.54. The van der Waals surface area contributed by atoms with Gasteiger partial charge in [0.25, 0.3) is 0 Å². The van der Waals surface area contributed by atoms with E-state index in [1.165, 1.54) is 36.5 Å². The molecule has 0 unspecified atom stereocenters. The Kier molecular flexibility index (Phi) is 4.88. The van der Waals surface area contributed by atoms with Crippen LogP contribution in [0.2, 0.25) is 0 Å². The molecule has 0 aromatic carbocycles. The van der Waals surface area contributed by atoms with Crippen LogP contribution in [-0.2, 0) is 0 Å². The second-order valence-corrected chi connectivity index (χ2v) is 18.4. The van der Waals surface area contributed by atoms with Crippen molar-refractivity contribution in [1.82, 2.24) is 0 Å². The number of hydrogen-bond donors (Lipinski definition) is 0. The van der Waals surface area contributed by atoms with Crippen molar-refractivity contribution in [3.63, 3.8) is 0 Å². The SMILES string of the molecule is CC1(C)[C@H]2CC[C@@]3(CSC4=C(SC(=C5SC6=C(SCCS6)S5)S4)S3)[C@@H]1C2. The van der Waals surface area contributed by atoms with Crippen molar-refractivity contribution < 1.29 is 0 Å². The van der Waals surface area contributed by atoms with Crippen LogP contribution in [0.5, 0.6) is 0 Å². The molecule has 140 valence electrons. The van der Waals surface area contributed by atoms with Gasteiger partial charge in [-0.05, 0) is 36.5 Å². The topological polar surface area (TPSA) is 0 Å². The molecule has 4 aliphatic heterocycles. The minimum Gasteiger partial charge on any atom is -0.116 e. The summed E-state index contributed by atoms with van der Waals surface area (Å²) in [5.41, 5.74) is 0.580. The molecule has 7 aliphatic rings. The second-order valence-electron chi connectivity index (χ2n) is 8.13. The van der Waals surface area contributed by atoms with Gasteiger partial charge in [-0.2, -0.15) is 0 Å². The van der Waals surface area contributed by atoms with Crippen molar-refractivity contribution in [2.75, 3.05) is 17.3 Å². The third-order valence-corrected chi connectivity index (χ3v) is 19.3. The van der Waals surface area contributed by atoms with Crippen molar-refractivity contribution in [2.24, 2.45) is 17.3 Å². The molecule has 0 aromatic rings. The summed E-state index contributed by atoms with van der Waals surface area (Å²) in [5.74, 6) is 5.83. The van der Waals surface area contributed by atoms with E-state index in [0.717, 1.165) is 11.8 Å². The van der Waals surface area contributed by atoms with Gasteiger partial charge in [-0.15, -0.1) is 47.0 Å². The maximum Gasteiger partial charge on any atom is 0.0717 e. The molecule has 3 saturated carbocycles. The Morgan fingerprint density at radius 2 is 1.38 bits per heavy atom. The van der Waals surface area contributed by atoms with Crippen LogP contribution in [-0.4, -0.2) is 22.0 Å².